The third kappa shape index (κ3) is 2.90. The monoisotopic (exact) mass is 297 g/mol. The van der Waals surface area contributed by atoms with E-state index in [1.165, 1.54) is 61.0 Å². The molecule has 3 rings (SSSR count). The molecule has 0 N–H and O–H groups in total. The zero-order valence-electron chi connectivity index (χ0n) is 14.0. The first-order chi connectivity index (χ1) is 10.7. The predicted octanol–water partition coefficient (Wildman–Crippen LogP) is 4.42. The van der Waals surface area contributed by atoms with E-state index in [0.29, 0.717) is 6.04 Å². The number of nitrogens with zero attached hydrogens (tertiary/aromatic N) is 3. The Balaban J connectivity index is 1.92. The van der Waals surface area contributed by atoms with Crippen molar-refractivity contribution in [1.82, 2.24) is 9.78 Å². The maximum absolute atomic E-state index is 4.29. The molecule has 0 saturated heterocycles. The summed E-state index contributed by atoms with van der Waals surface area (Å²) in [6.07, 6.45) is 10.3. The topological polar surface area (TPSA) is 21.1 Å². The van der Waals surface area contributed by atoms with Crippen molar-refractivity contribution in [2.45, 2.75) is 52.0 Å². The highest BCUT2D eigenvalue weighted by molar-refractivity contribution is 5.69. The minimum absolute atomic E-state index is 0.688. The second-order valence-electron chi connectivity index (χ2n) is 6.39. The summed E-state index contributed by atoms with van der Waals surface area (Å²) in [6, 6.07) is 7.65. The molecule has 1 aromatic heterocycles. The normalized spacial score (nSPS) is 15.7. The zero-order valence-corrected chi connectivity index (χ0v) is 14.0. The molecule has 2 aromatic rings. The van der Waals surface area contributed by atoms with Crippen LogP contribution >= 0.6 is 0 Å². The number of aromatic nitrogens is 2. The number of hydrogen-bond acceptors (Lipinski definition) is 2. The van der Waals surface area contributed by atoms with Crippen LogP contribution in [-0.4, -0.2) is 22.4 Å². The summed E-state index contributed by atoms with van der Waals surface area (Å²) in [7, 11) is 1.97. The first-order valence-electron chi connectivity index (χ1n) is 8.61. The van der Waals surface area contributed by atoms with Crippen LogP contribution < -0.4 is 4.90 Å². The van der Waals surface area contributed by atoms with Gasteiger partial charge in [-0.15, -0.1) is 0 Å². The van der Waals surface area contributed by atoms with E-state index in [4.69, 9.17) is 0 Å². The molecule has 0 bridgehead atoms. The highest BCUT2D eigenvalue weighted by atomic mass is 15.2. The van der Waals surface area contributed by atoms with Crippen molar-refractivity contribution < 1.29 is 0 Å². The minimum atomic E-state index is 0.688. The highest BCUT2D eigenvalue weighted by Crippen LogP contribution is 2.34. The Morgan fingerprint density at radius 2 is 2.09 bits per heavy atom. The highest BCUT2D eigenvalue weighted by Gasteiger charge is 2.23. The average molecular weight is 297 g/mol. The smallest absolute Gasteiger partial charge is 0.0568 e. The summed E-state index contributed by atoms with van der Waals surface area (Å²) in [5.74, 6) is 0. The standard InChI is InChI=1S/C19H27N3/c1-4-7-18(5-2)22-11-6-8-16-12-15(9-10-19(16)22)17-13-20-21(3)14-17/h9-10,12-14,18H,4-8,11H2,1-3H3. The lowest BCUT2D eigenvalue weighted by molar-refractivity contribution is 0.509. The van der Waals surface area contributed by atoms with Crippen LogP contribution in [0.1, 0.15) is 45.1 Å². The summed E-state index contributed by atoms with van der Waals surface area (Å²) < 4.78 is 1.87. The van der Waals surface area contributed by atoms with Crippen molar-refractivity contribution in [2.75, 3.05) is 11.4 Å². The van der Waals surface area contributed by atoms with Crippen molar-refractivity contribution >= 4 is 5.69 Å². The molecule has 1 atom stereocenters. The molecule has 0 fully saturated rings. The first-order valence-corrected chi connectivity index (χ1v) is 8.61. The molecule has 0 saturated carbocycles. The fourth-order valence-corrected chi connectivity index (χ4v) is 3.67. The summed E-state index contributed by atoms with van der Waals surface area (Å²) >= 11 is 0. The molecule has 0 amide bonds. The quantitative estimate of drug-likeness (QED) is 0.814. The average Bonchev–Trinajstić information content (AvgIpc) is 2.98. The van der Waals surface area contributed by atoms with Gasteiger partial charge in [-0.1, -0.05) is 26.3 Å². The van der Waals surface area contributed by atoms with E-state index in [-0.39, 0.29) is 0 Å². The number of benzene rings is 1. The van der Waals surface area contributed by atoms with Crippen molar-refractivity contribution in [3.05, 3.63) is 36.2 Å². The van der Waals surface area contributed by atoms with Crippen LogP contribution in [0.3, 0.4) is 0 Å². The van der Waals surface area contributed by atoms with Crippen molar-refractivity contribution in [1.29, 1.82) is 0 Å². The summed E-state index contributed by atoms with van der Waals surface area (Å²) in [4.78, 5) is 2.65. The molecular formula is C19H27N3. The lowest BCUT2D eigenvalue weighted by Gasteiger charge is -2.38. The summed E-state index contributed by atoms with van der Waals surface area (Å²) in [5, 5.41) is 4.29. The number of hydrogen-bond donors (Lipinski definition) is 0. The van der Waals surface area contributed by atoms with E-state index >= 15 is 0 Å². The number of fused-ring (bicyclic) bond motifs is 1. The van der Waals surface area contributed by atoms with Gasteiger partial charge >= 0.3 is 0 Å². The van der Waals surface area contributed by atoms with E-state index < -0.39 is 0 Å². The van der Waals surface area contributed by atoms with Gasteiger partial charge in [-0.2, -0.15) is 5.10 Å². The number of rotatable bonds is 5. The third-order valence-electron chi connectivity index (χ3n) is 4.81. The number of aryl methyl sites for hydroxylation is 2. The molecule has 1 aliphatic rings. The minimum Gasteiger partial charge on any atom is -0.368 e. The summed E-state index contributed by atoms with van der Waals surface area (Å²) in [6.45, 7) is 5.81. The van der Waals surface area contributed by atoms with Gasteiger partial charge in [-0.3, -0.25) is 4.68 Å². The van der Waals surface area contributed by atoms with Gasteiger partial charge < -0.3 is 4.90 Å². The Bertz CT molecular complexity index is 629. The lowest BCUT2D eigenvalue weighted by atomic mass is 9.94. The van der Waals surface area contributed by atoms with E-state index in [0.717, 1.165) is 0 Å². The molecule has 0 aliphatic carbocycles. The summed E-state index contributed by atoms with van der Waals surface area (Å²) in [5.41, 5.74) is 5.46. The van der Waals surface area contributed by atoms with Crippen LogP contribution in [0.15, 0.2) is 30.6 Å². The molecule has 2 heterocycles. The van der Waals surface area contributed by atoms with Crippen LogP contribution in [0.25, 0.3) is 11.1 Å². The van der Waals surface area contributed by atoms with E-state index in [9.17, 15) is 0 Å². The third-order valence-corrected chi connectivity index (χ3v) is 4.81. The molecule has 118 valence electrons. The van der Waals surface area contributed by atoms with Crippen molar-refractivity contribution in [2.24, 2.45) is 7.05 Å². The molecule has 1 aliphatic heterocycles. The fourth-order valence-electron chi connectivity index (χ4n) is 3.67. The second kappa shape index (κ2) is 6.55. The number of anilines is 1. The van der Waals surface area contributed by atoms with Crippen LogP contribution in [0.5, 0.6) is 0 Å². The van der Waals surface area contributed by atoms with Crippen LogP contribution in [0, 0.1) is 0 Å². The van der Waals surface area contributed by atoms with Crippen molar-refractivity contribution in [3.63, 3.8) is 0 Å². The molecule has 1 unspecified atom stereocenters. The van der Waals surface area contributed by atoms with Gasteiger partial charge in [-0.05, 0) is 48.9 Å². The van der Waals surface area contributed by atoms with Gasteiger partial charge in [0.2, 0.25) is 0 Å². The maximum Gasteiger partial charge on any atom is 0.0568 e. The fraction of sp³-hybridized carbons (Fsp3) is 0.526. The molecule has 3 nitrogen and oxygen atoms in total. The van der Waals surface area contributed by atoms with Crippen molar-refractivity contribution in [3.8, 4) is 11.1 Å². The molecule has 0 radical (unpaired) electrons. The molecular weight excluding hydrogens is 270 g/mol. The van der Waals surface area contributed by atoms with Gasteiger partial charge in [-0.25, -0.2) is 0 Å². The van der Waals surface area contributed by atoms with Gasteiger partial charge in [0.25, 0.3) is 0 Å². The van der Waals surface area contributed by atoms with Crippen LogP contribution in [0.2, 0.25) is 0 Å². The van der Waals surface area contributed by atoms with Gasteiger partial charge in [0.1, 0.15) is 0 Å². The maximum atomic E-state index is 4.29. The van der Waals surface area contributed by atoms with Crippen LogP contribution in [0.4, 0.5) is 5.69 Å². The lowest BCUT2D eigenvalue weighted by Crippen LogP contribution is -2.38. The van der Waals surface area contributed by atoms with E-state index in [1.54, 1.807) is 0 Å². The molecule has 0 spiro atoms. The largest absolute Gasteiger partial charge is 0.368 e. The van der Waals surface area contributed by atoms with E-state index in [2.05, 4.69) is 48.2 Å². The molecule has 3 heteroatoms. The Kier molecular flexibility index (Phi) is 4.51. The Morgan fingerprint density at radius 1 is 1.23 bits per heavy atom. The van der Waals surface area contributed by atoms with Gasteiger partial charge in [0.15, 0.2) is 0 Å². The zero-order chi connectivity index (χ0) is 15.5. The molecule has 22 heavy (non-hydrogen) atoms. The Labute approximate surface area is 133 Å². The van der Waals surface area contributed by atoms with Gasteiger partial charge in [0.05, 0.1) is 6.20 Å². The predicted molar refractivity (Wildman–Crippen MR) is 93.3 cm³/mol. The second-order valence-corrected chi connectivity index (χ2v) is 6.39. The van der Waals surface area contributed by atoms with E-state index in [1.807, 2.05) is 17.9 Å². The SMILES string of the molecule is CCCC(CC)N1CCCc2cc(-c3cnn(C)c3)ccc21. The van der Waals surface area contributed by atoms with Gasteiger partial charge in [0, 0.05) is 37.1 Å². The Morgan fingerprint density at radius 3 is 2.77 bits per heavy atom. The Hall–Kier alpha value is -1.77. The van der Waals surface area contributed by atoms with Crippen LogP contribution in [-0.2, 0) is 13.5 Å². The molecule has 1 aromatic carbocycles. The first kappa shape index (κ1) is 15.1.